The molecular weight excluding hydrogens is 380 g/mol. The Morgan fingerprint density at radius 2 is 1.89 bits per heavy atom. The zero-order valence-electron chi connectivity index (χ0n) is 16.4. The van der Waals surface area contributed by atoms with Crippen molar-refractivity contribution in [1.29, 1.82) is 0 Å². The molecule has 9 heteroatoms. The van der Waals surface area contributed by atoms with Crippen LogP contribution in [0.15, 0.2) is 35.4 Å². The Morgan fingerprint density at radius 3 is 2.61 bits per heavy atom. The number of sulfonamides is 1. The molecule has 2 heterocycles. The highest BCUT2D eigenvalue weighted by atomic mass is 32.2. The van der Waals surface area contributed by atoms with Crippen LogP contribution in [0, 0.1) is 0 Å². The van der Waals surface area contributed by atoms with E-state index in [-0.39, 0.29) is 11.4 Å². The molecule has 0 unspecified atom stereocenters. The second kappa shape index (κ2) is 7.56. The highest BCUT2D eigenvalue weighted by Gasteiger charge is 2.30. The van der Waals surface area contributed by atoms with Crippen LogP contribution in [-0.4, -0.2) is 60.5 Å². The van der Waals surface area contributed by atoms with E-state index in [2.05, 4.69) is 4.98 Å². The highest BCUT2D eigenvalue weighted by Crippen LogP contribution is 2.25. The number of nitrogens with zero attached hydrogens (tertiary/aromatic N) is 3. The summed E-state index contributed by atoms with van der Waals surface area (Å²) in [6.07, 6.45) is 1.68. The summed E-state index contributed by atoms with van der Waals surface area (Å²) in [4.78, 5) is 18.1. The van der Waals surface area contributed by atoms with Crippen molar-refractivity contribution in [3.63, 3.8) is 0 Å². The topological polar surface area (TPSA) is 106 Å². The van der Waals surface area contributed by atoms with Gasteiger partial charge in [-0.2, -0.15) is 4.31 Å². The van der Waals surface area contributed by atoms with Crippen LogP contribution in [0.25, 0.3) is 10.8 Å². The van der Waals surface area contributed by atoms with Crippen molar-refractivity contribution in [2.45, 2.75) is 37.7 Å². The number of amides is 1. The van der Waals surface area contributed by atoms with Crippen molar-refractivity contribution in [2.75, 3.05) is 31.9 Å². The van der Waals surface area contributed by atoms with Crippen LogP contribution in [0.4, 0.5) is 10.6 Å². The Kier molecular flexibility index (Phi) is 5.49. The Morgan fingerprint density at radius 1 is 1.14 bits per heavy atom. The molecule has 1 fully saturated rings. The zero-order valence-corrected chi connectivity index (χ0v) is 17.2. The van der Waals surface area contributed by atoms with E-state index in [1.54, 1.807) is 35.4 Å². The summed E-state index contributed by atoms with van der Waals surface area (Å²) in [7, 11) is -3.68. The lowest BCUT2D eigenvalue weighted by Gasteiger charge is -2.26. The Balaban J connectivity index is 1.78. The lowest BCUT2D eigenvalue weighted by Crippen LogP contribution is -2.40. The molecule has 2 N–H and O–H groups in total. The molecule has 0 radical (unpaired) electrons. The molecule has 0 spiro atoms. The quantitative estimate of drug-likeness (QED) is 0.821. The van der Waals surface area contributed by atoms with Crippen molar-refractivity contribution >= 4 is 32.7 Å². The van der Waals surface area contributed by atoms with E-state index in [4.69, 9.17) is 10.5 Å². The van der Waals surface area contributed by atoms with Gasteiger partial charge in [0.15, 0.2) is 0 Å². The predicted octanol–water partition coefficient (Wildman–Crippen LogP) is 2.45. The van der Waals surface area contributed by atoms with Crippen molar-refractivity contribution in [2.24, 2.45) is 0 Å². The number of rotatable bonds is 2. The number of nitrogens with two attached hydrogens (primary N) is 1. The number of hydrogen-bond donors (Lipinski definition) is 1. The molecule has 1 aliphatic rings. The fourth-order valence-electron chi connectivity index (χ4n) is 3.13. The molecule has 152 valence electrons. The molecule has 2 aromatic rings. The molecule has 1 amide bonds. The molecule has 1 saturated heterocycles. The van der Waals surface area contributed by atoms with E-state index >= 15 is 0 Å². The van der Waals surface area contributed by atoms with Crippen LogP contribution in [0.5, 0.6) is 0 Å². The van der Waals surface area contributed by atoms with E-state index in [9.17, 15) is 13.2 Å². The number of aromatic nitrogens is 1. The van der Waals surface area contributed by atoms with Gasteiger partial charge < -0.3 is 15.4 Å². The fourth-order valence-corrected chi connectivity index (χ4v) is 4.64. The van der Waals surface area contributed by atoms with Crippen molar-refractivity contribution in [1.82, 2.24) is 14.2 Å². The van der Waals surface area contributed by atoms with Crippen LogP contribution in [0.1, 0.15) is 27.2 Å². The third-order valence-electron chi connectivity index (χ3n) is 4.51. The monoisotopic (exact) mass is 406 g/mol. The lowest BCUT2D eigenvalue weighted by molar-refractivity contribution is 0.0260. The van der Waals surface area contributed by atoms with E-state index in [0.29, 0.717) is 37.3 Å². The third-order valence-corrected chi connectivity index (χ3v) is 6.41. The van der Waals surface area contributed by atoms with Gasteiger partial charge in [0, 0.05) is 37.8 Å². The second-order valence-electron chi connectivity index (χ2n) is 7.80. The summed E-state index contributed by atoms with van der Waals surface area (Å²) in [5, 5.41) is 1.44. The van der Waals surface area contributed by atoms with Crippen molar-refractivity contribution in [3.05, 3.63) is 30.5 Å². The molecule has 1 aliphatic heterocycles. The minimum Gasteiger partial charge on any atom is -0.444 e. The maximum Gasteiger partial charge on any atom is 0.410 e. The molecule has 0 aliphatic carbocycles. The number of carbonyl (C=O) groups is 1. The van der Waals surface area contributed by atoms with Crippen molar-refractivity contribution < 1.29 is 17.9 Å². The number of anilines is 1. The smallest absolute Gasteiger partial charge is 0.410 e. The van der Waals surface area contributed by atoms with Gasteiger partial charge in [-0.3, -0.25) is 0 Å². The minimum atomic E-state index is -3.68. The SMILES string of the molecule is CC(C)(C)OC(=O)N1CCCN(S(=O)(=O)c2ccc3c(N)nccc3c2)CC1. The van der Waals surface area contributed by atoms with Gasteiger partial charge in [-0.15, -0.1) is 0 Å². The number of carbonyl (C=O) groups excluding carboxylic acids is 1. The number of fused-ring (bicyclic) bond motifs is 1. The molecule has 8 nitrogen and oxygen atoms in total. The van der Waals surface area contributed by atoms with Gasteiger partial charge >= 0.3 is 6.09 Å². The fraction of sp³-hybridized carbons (Fsp3) is 0.474. The Bertz CT molecular complexity index is 985. The summed E-state index contributed by atoms with van der Waals surface area (Å²) >= 11 is 0. The third kappa shape index (κ3) is 4.36. The molecule has 0 atom stereocenters. The Hall–Kier alpha value is -2.39. The zero-order chi connectivity index (χ0) is 20.5. The van der Waals surface area contributed by atoms with E-state index < -0.39 is 21.7 Å². The molecule has 3 rings (SSSR count). The van der Waals surface area contributed by atoms with Crippen LogP contribution < -0.4 is 5.73 Å². The molecular formula is C19H26N4O4S. The number of pyridine rings is 1. The minimum absolute atomic E-state index is 0.205. The molecule has 0 bridgehead atoms. The largest absolute Gasteiger partial charge is 0.444 e. The van der Waals surface area contributed by atoms with E-state index in [1.807, 2.05) is 20.8 Å². The van der Waals surface area contributed by atoms with Crippen LogP contribution in [-0.2, 0) is 14.8 Å². The summed E-state index contributed by atoms with van der Waals surface area (Å²) in [6.45, 7) is 6.74. The van der Waals surface area contributed by atoms with Crippen molar-refractivity contribution in [3.8, 4) is 0 Å². The van der Waals surface area contributed by atoms with Gasteiger partial charge in [0.05, 0.1) is 4.90 Å². The number of ether oxygens (including phenoxy) is 1. The van der Waals surface area contributed by atoms with Crippen LogP contribution in [0.2, 0.25) is 0 Å². The summed E-state index contributed by atoms with van der Waals surface area (Å²) < 4.78 is 33.1. The van der Waals surface area contributed by atoms with E-state index in [0.717, 1.165) is 5.39 Å². The molecule has 1 aromatic carbocycles. The molecule has 0 saturated carbocycles. The van der Waals surface area contributed by atoms with Gasteiger partial charge in [0.25, 0.3) is 0 Å². The van der Waals surface area contributed by atoms with Crippen LogP contribution >= 0.6 is 0 Å². The average Bonchev–Trinajstić information content (AvgIpc) is 2.87. The van der Waals surface area contributed by atoms with Gasteiger partial charge in [0.1, 0.15) is 11.4 Å². The standard InChI is InChI=1S/C19H26N4O4S/c1-19(2,3)27-18(24)22-9-4-10-23(12-11-22)28(25,26)15-5-6-16-14(13-15)7-8-21-17(16)20/h5-8,13H,4,9-12H2,1-3H3,(H2,20,21). The van der Waals surface area contributed by atoms with Crippen LogP contribution in [0.3, 0.4) is 0 Å². The Labute approximate surface area is 165 Å². The predicted molar refractivity (Wildman–Crippen MR) is 107 cm³/mol. The summed E-state index contributed by atoms with van der Waals surface area (Å²) in [5.74, 6) is 0.365. The first kappa shape index (κ1) is 20.3. The number of benzene rings is 1. The summed E-state index contributed by atoms with van der Waals surface area (Å²) in [5.41, 5.74) is 5.26. The second-order valence-corrected chi connectivity index (χ2v) is 9.74. The average molecular weight is 407 g/mol. The maximum atomic E-state index is 13.1. The lowest BCUT2D eigenvalue weighted by atomic mass is 10.2. The first-order valence-electron chi connectivity index (χ1n) is 9.20. The first-order valence-corrected chi connectivity index (χ1v) is 10.6. The van der Waals surface area contributed by atoms with E-state index in [1.165, 1.54) is 4.31 Å². The maximum absolute atomic E-state index is 13.1. The number of nitrogen functional groups attached to an aromatic ring is 1. The van der Waals surface area contributed by atoms with Gasteiger partial charge in [-0.1, -0.05) is 0 Å². The first-order chi connectivity index (χ1) is 13.1. The summed E-state index contributed by atoms with van der Waals surface area (Å²) in [6, 6.07) is 6.57. The highest BCUT2D eigenvalue weighted by molar-refractivity contribution is 7.89. The number of hydrogen-bond acceptors (Lipinski definition) is 6. The van der Waals surface area contributed by atoms with Gasteiger partial charge in [-0.25, -0.2) is 18.2 Å². The normalized spacial score (nSPS) is 16.8. The molecule has 28 heavy (non-hydrogen) atoms. The van der Waals surface area contributed by atoms with Gasteiger partial charge in [-0.05, 0) is 56.8 Å². The molecule has 1 aromatic heterocycles. The van der Waals surface area contributed by atoms with Gasteiger partial charge in [0.2, 0.25) is 10.0 Å².